The van der Waals surface area contributed by atoms with Crippen molar-refractivity contribution in [2.45, 2.75) is 26.7 Å². The van der Waals surface area contributed by atoms with Gasteiger partial charge in [-0.15, -0.1) is 0 Å². The number of carbonyl (C=O) groups is 1. The maximum atomic E-state index is 12.3. The molecular weight excluding hydrogens is 518 g/mol. The molecule has 0 fully saturated rings. The Morgan fingerprint density at radius 2 is 1.90 bits per heavy atom. The van der Waals surface area contributed by atoms with Crippen molar-refractivity contribution in [3.8, 4) is 17.0 Å². The van der Waals surface area contributed by atoms with Crippen molar-refractivity contribution in [3.63, 3.8) is 0 Å². The van der Waals surface area contributed by atoms with Crippen LogP contribution in [0.25, 0.3) is 22.2 Å². The minimum Gasteiger partial charge on any atom is -0.494 e. The zero-order valence-electron chi connectivity index (χ0n) is 24.6. The van der Waals surface area contributed by atoms with Crippen LogP contribution in [-0.4, -0.2) is 72.8 Å². The van der Waals surface area contributed by atoms with Gasteiger partial charge in [-0.1, -0.05) is 24.8 Å². The second kappa shape index (κ2) is 13.3. The summed E-state index contributed by atoms with van der Waals surface area (Å²) in [5.41, 5.74) is 4.85. The molecule has 0 aliphatic rings. The number of methoxy groups -OCH3 is 1. The number of para-hydroxylation sites is 1. The second-order valence-corrected chi connectivity index (χ2v) is 10.3. The van der Waals surface area contributed by atoms with Gasteiger partial charge in [0.05, 0.1) is 41.5 Å². The number of carbonyl (C=O) groups excluding carboxylic acids is 1. The molecule has 0 unspecified atom stereocenters. The summed E-state index contributed by atoms with van der Waals surface area (Å²) in [5.74, 6) is 0.676. The summed E-state index contributed by atoms with van der Waals surface area (Å²) in [5, 5.41) is 7.29. The highest BCUT2D eigenvalue weighted by molar-refractivity contribution is 6.02. The van der Waals surface area contributed by atoms with Crippen molar-refractivity contribution in [3.05, 3.63) is 67.5 Å². The zero-order valence-corrected chi connectivity index (χ0v) is 24.6. The van der Waals surface area contributed by atoms with Gasteiger partial charge in [0.1, 0.15) is 12.5 Å². The Hall–Kier alpha value is -4.41. The fraction of sp³-hybridized carbons (Fsp3) is 0.323. The van der Waals surface area contributed by atoms with E-state index in [0.717, 1.165) is 40.9 Å². The Kier molecular flexibility index (Phi) is 9.59. The van der Waals surface area contributed by atoms with Crippen LogP contribution in [0.5, 0.6) is 5.75 Å². The van der Waals surface area contributed by atoms with Gasteiger partial charge in [0.15, 0.2) is 0 Å². The van der Waals surface area contributed by atoms with Crippen molar-refractivity contribution >= 4 is 39.8 Å². The van der Waals surface area contributed by atoms with Crippen LogP contribution in [0.4, 0.5) is 23.0 Å². The normalized spacial score (nSPS) is 11.2. The van der Waals surface area contributed by atoms with E-state index in [1.54, 1.807) is 13.3 Å². The van der Waals surface area contributed by atoms with Crippen LogP contribution < -0.4 is 20.3 Å². The molecule has 0 saturated carbocycles. The summed E-state index contributed by atoms with van der Waals surface area (Å²) in [6, 6.07) is 13.8. The predicted octanol–water partition coefficient (Wildman–Crippen LogP) is 5.36. The highest BCUT2D eigenvalue weighted by Gasteiger charge is 2.17. The highest BCUT2D eigenvalue weighted by Crippen LogP contribution is 2.38. The summed E-state index contributed by atoms with van der Waals surface area (Å²) < 4.78 is 13.7. The average Bonchev–Trinajstić information content (AvgIpc) is 3.33. The van der Waals surface area contributed by atoms with Crippen LogP contribution in [0.2, 0.25) is 0 Å². The molecule has 0 saturated heterocycles. The van der Waals surface area contributed by atoms with E-state index < -0.39 is 0 Å². The zero-order chi connectivity index (χ0) is 29.5. The lowest BCUT2D eigenvalue weighted by atomic mass is 10.1. The number of rotatable bonds is 13. The van der Waals surface area contributed by atoms with E-state index in [1.807, 2.05) is 65.3 Å². The molecular formula is C31H39N7O3. The first-order valence-electron chi connectivity index (χ1n) is 13.5. The molecule has 0 aliphatic heterocycles. The van der Waals surface area contributed by atoms with Crippen LogP contribution in [0, 0.1) is 0 Å². The number of amides is 1. The summed E-state index contributed by atoms with van der Waals surface area (Å²) in [4.78, 5) is 25.8. The molecule has 0 radical (unpaired) electrons. The number of benzene rings is 2. The molecule has 2 aromatic heterocycles. The van der Waals surface area contributed by atoms with E-state index in [0.29, 0.717) is 29.8 Å². The number of aromatic nitrogens is 3. The number of likely N-dealkylation sites (N-methyl/N-ethyl adjacent to an activating group) is 2. The Labute approximate surface area is 241 Å². The highest BCUT2D eigenvalue weighted by atomic mass is 16.5. The Bertz CT molecular complexity index is 1510. The lowest BCUT2D eigenvalue weighted by Crippen LogP contribution is -2.29. The molecule has 4 aromatic rings. The van der Waals surface area contributed by atoms with Crippen LogP contribution >= 0.6 is 0 Å². The third kappa shape index (κ3) is 7.22. The maximum Gasteiger partial charge on any atom is 0.247 e. The Morgan fingerprint density at radius 3 is 2.61 bits per heavy atom. The molecule has 216 valence electrons. The van der Waals surface area contributed by atoms with Crippen LogP contribution in [-0.2, 0) is 16.3 Å². The second-order valence-electron chi connectivity index (χ2n) is 10.3. The molecule has 10 heteroatoms. The van der Waals surface area contributed by atoms with Crippen molar-refractivity contribution < 1.29 is 14.3 Å². The van der Waals surface area contributed by atoms with Gasteiger partial charge in [0.2, 0.25) is 11.9 Å². The van der Waals surface area contributed by atoms with Gasteiger partial charge >= 0.3 is 0 Å². The molecule has 0 bridgehead atoms. The predicted molar refractivity (Wildman–Crippen MR) is 166 cm³/mol. The third-order valence-corrected chi connectivity index (χ3v) is 6.57. The minimum absolute atomic E-state index is 0.116. The van der Waals surface area contributed by atoms with Crippen molar-refractivity contribution in [2.75, 3.05) is 56.9 Å². The molecule has 1 amide bonds. The van der Waals surface area contributed by atoms with Crippen LogP contribution in [0.3, 0.4) is 0 Å². The van der Waals surface area contributed by atoms with E-state index in [1.165, 1.54) is 6.08 Å². The van der Waals surface area contributed by atoms with Gasteiger partial charge in [-0.25, -0.2) is 9.97 Å². The molecule has 0 atom stereocenters. The quantitative estimate of drug-likeness (QED) is 0.212. The topological polar surface area (TPSA) is 96.8 Å². The van der Waals surface area contributed by atoms with E-state index in [4.69, 9.17) is 14.5 Å². The first kappa shape index (κ1) is 29.6. The number of anilines is 4. The summed E-state index contributed by atoms with van der Waals surface area (Å²) in [6.07, 6.45) is 5.14. The molecule has 10 nitrogen and oxygen atoms in total. The minimum atomic E-state index is -0.306. The number of nitrogens with zero attached hydrogens (tertiary/aromatic N) is 5. The van der Waals surface area contributed by atoms with E-state index in [9.17, 15) is 4.79 Å². The summed E-state index contributed by atoms with van der Waals surface area (Å²) in [7, 11) is 7.63. The fourth-order valence-electron chi connectivity index (χ4n) is 4.38. The molecule has 41 heavy (non-hydrogen) atoms. The Morgan fingerprint density at radius 1 is 1.12 bits per heavy atom. The SMILES string of the molecule is C=CC(=O)Nc1cc(Nc2nccc(-c3cn(COC(C)C)c4ccccc34)n2)c(OC)cc1N(C)CCN(C)C. The van der Waals surface area contributed by atoms with Gasteiger partial charge in [-0.05, 0) is 52.2 Å². The fourth-order valence-corrected chi connectivity index (χ4v) is 4.38. The first-order valence-corrected chi connectivity index (χ1v) is 13.5. The molecule has 0 spiro atoms. The molecule has 2 N–H and O–H groups in total. The standard InChI is InChI=1S/C31H39N7O3/c1-8-30(39)33-25-17-26(29(40-7)18-28(25)37(6)16-15-36(4)5)35-31-32-14-13-24(34-31)23-19-38(20-41-21(2)3)27-12-10-9-11-22(23)27/h8-14,17-19,21H,1,15-16,20H2,2-7H3,(H,33,39)(H,32,34,35). The van der Waals surface area contributed by atoms with Gasteiger partial charge in [-0.2, -0.15) is 0 Å². The Balaban J connectivity index is 1.70. The van der Waals surface area contributed by atoms with Crippen molar-refractivity contribution in [1.29, 1.82) is 0 Å². The summed E-state index contributed by atoms with van der Waals surface area (Å²) >= 11 is 0. The maximum absolute atomic E-state index is 12.3. The number of hydrogen-bond donors (Lipinski definition) is 2. The molecule has 0 aliphatic carbocycles. The molecule has 2 aromatic carbocycles. The number of nitrogens with one attached hydrogen (secondary N) is 2. The largest absolute Gasteiger partial charge is 0.494 e. The monoisotopic (exact) mass is 557 g/mol. The van der Waals surface area contributed by atoms with Gasteiger partial charge in [0, 0.05) is 49.5 Å². The van der Waals surface area contributed by atoms with Crippen molar-refractivity contribution in [1.82, 2.24) is 19.4 Å². The average molecular weight is 558 g/mol. The van der Waals surface area contributed by atoms with Crippen LogP contribution in [0.15, 0.2) is 67.5 Å². The van der Waals surface area contributed by atoms with Gasteiger partial charge in [0.25, 0.3) is 0 Å². The lowest BCUT2D eigenvalue weighted by molar-refractivity contribution is -0.111. The number of ether oxygens (including phenoxy) is 2. The lowest BCUT2D eigenvalue weighted by Gasteiger charge is -2.26. The number of hydrogen-bond acceptors (Lipinski definition) is 8. The van der Waals surface area contributed by atoms with Crippen molar-refractivity contribution in [2.24, 2.45) is 0 Å². The van der Waals surface area contributed by atoms with E-state index in [-0.39, 0.29) is 12.0 Å². The van der Waals surface area contributed by atoms with Gasteiger partial charge < -0.3 is 34.5 Å². The molecule has 2 heterocycles. The van der Waals surface area contributed by atoms with E-state index in [2.05, 4.69) is 54.9 Å². The third-order valence-electron chi connectivity index (χ3n) is 6.57. The van der Waals surface area contributed by atoms with E-state index >= 15 is 0 Å². The molecule has 4 rings (SSSR count). The summed E-state index contributed by atoms with van der Waals surface area (Å²) in [6.45, 7) is 9.67. The van der Waals surface area contributed by atoms with Crippen LogP contribution in [0.1, 0.15) is 13.8 Å². The van der Waals surface area contributed by atoms with Gasteiger partial charge in [-0.3, -0.25) is 4.79 Å². The smallest absolute Gasteiger partial charge is 0.247 e. The number of fused-ring (bicyclic) bond motifs is 1. The first-order chi connectivity index (χ1) is 19.7.